The fraction of sp³-hybridized carbons (Fsp3) is 0.667. The van der Waals surface area contributed by atoms with Gasteiger partial charge in [0.05, 0.1) is 13.1 Å². The van der Waals surface area contributed by atoms with E-state index in [1.165, 1.54) is 0 Å². The minimum atomic E-state index is -0.650. The van der Waals surface area contributed by atoms with Crippen LogP contribution in [0.1, 0.15) is 6.42 Å². The monoisotopic (exact) mass is 106 g/mol. The van der Waals surface area contributed by atoms with E-state index in [1.54, 1.807) is 5.43 Å². The summed E-state index contributed by atoms with van der Waals surface area (Å²) in [5.74, 6) is 4.12. The highest BCUT2D eigenvalue weighted by Crippen LogP contribution is 1.75. The molecule has 0 bridgehead atoms. The van der Waals surface area contributed by atoms with Gasteiger partial charge in [-0.15, -0.1) is 0 Å². The Morgan fingerprint density at radius 3 is 2.57 bits per heavy atom. The van der Waals surface area contributed by atoms with E-state index >= 15 is 0 Å². The lowest BCUT2D eigenvalue weighted by atomic mass is 10.5. The van der Waals surface area contributed by atoms with Gasteiger partial charge in [0.1, 0.15) is 0 Å². The first kappa shape index (κ1) is 6.36. The Balaban J connectivity index is 3.00. The zero-order valence-corrected chi connectivity index (χ0v) is 3.78. The maximum absolute atomic E-state index is 11.1. The smallest absolute Gasteiger partial charge is 0.236 e. The van der Waals surface area contributed by atoms with E-state index in [9.17, 15) is 9.18 Å². The molecular formula is C3H7FN2O. The van der Waals surface area contributed by atoms with Crippen molar-refractivity contribution in [3.05, 3.63) is 0 Å². The van der Waals surface area contributed by atoms with Gasteiger partial charge in [-0.25, -0.2) is 5.84 Å². The van der Waals surface area contributed by atoms with Gasteiger partial charge >= 0.3 is 0 Å². The molecule has 7 heavy (non-hydrogen) atoms. The quantitative estimate of drug-likeness (QED) is 0.279. The van der Waals surface area contributed by atoms with E-state index in [2.05, 4.69) is 5.84 Å². The Bertz CT molecular complexity index is 66.0. The predicted molar refractivity (Wildman–Crippen MR) is 22.9 cm³/mol. The number of nitrogens with one attached hydrogen (secondary N) is 1. The molecule has 0 aliphatic heterocycles. The van der Waals surface area contributed by atoms with Crippen molar-refractivity contribution in [1.82, 2.24) is 5.43 Å². The van der Waals surface area contributed by atoms with E-state index < -0.39 is 12.6 Å². The topological polar surface area (TPSA) is 55.1 Å². The molecule has 0 heterocycles. The van der Waals surface area contributed by atoms with Crippen molar-refractivity contribution >= 4 is 5.91 Å². The second kappa shape index (κ2) is 3.55. The van der Waals surface area contributed by atoms with Crippen molar-refractivity contribution in [2.45, 2.75) is 6.42 Å². The molecule has 0 radical (unpaired) electrons. The first-order valence-electron chi connectivity index (χ1n) is 1.86. The first-order valence-corrected chi connectivity index (χ1v) is 1.86. The summed E-state index contributed by atoms with van der Waals surface area (Å²) in [6, 6.07) is 0. The number of carbonyl (C=O) groups excluding carboxylic acids is 1. The average Bonchev–Trinajstić information content (AvgIpc) is 1.68. The number of rotatable bonds is 2. The Hall–Kier alpha value is -0.640. The molecule has 1 amide bonds. The van der Waals surface area contributed by atoms with E-state index in [-0.39, 0.29) is 6.42 Å². The number of hydrogen-bond donors (Lipinski definition) is 2. The average molecular weight is 106 g/mol. The van der Waals surface area contributed by atoms with Crippen LogP contribution < -0.4 is 11.3 Å². The van der Waals surface area contributed by atoms with Gasteiger partial charge in [0, 0.05) is 0 Å². The molecule has 0 aromatic rings. The molecule has 0 aromatic heterocycles. The highest BCUT2D eigenvalue weighted by molar-refractivity contribution is 5.75. The summed E-state index contributed by atoms with van der Waals surface area (Å²) < 4.78 is 11.1. The summed E-state index contributed by atoms with van der Waals surface area (Å²) in [7, 11) is 0. The largest absolute Gasteiger partial charge is 0.294 e. The van der Waals surface area contributed by atoms with Gasteiger partial charge in [-0.05, 0) is 0 Å². The standard InChI is InChI=1S/C3H7FN2O/c4-2-1-3(7)6-5/h1-2,5H2,(H,6,7). The van der Waals surface area contributed by atoms with Gasteiger partial charge in [-0.1, -0.05) is 0 Å². The van der Waals surface area contributed by atoms with Crippen LogP contribution >= 0.6 is 0 Å². The van der Waals surface area contributed by atoms with Crippen molar-refractivity contribution in [3.8, 4) is 0 Å². The van der Waals surface area contributed by atoms with Gasteiger partial charge < -0.3 is 0 Å². The van der Waals surface area contributed by atoms with Crippen LogP contribution in [0.15, 0.2) is 0 Å². The normalized spacial score (nSPS) is 8.29. The van der Waals surface area contributed by atoms with Crippen molar-refractivity contribution in [2.75, 3.05) is 6.67 Å². The minimum Gasteiger partial charge on any atom is -0.294 e. The molecule has 0 saturated heterocycles. The molecule has 0 rings (SSSR count). The van der Waals surface area contributed by atoms with E-state index in [4.69, 9.17) is 0 Å². The molecule has 3 N–H and O–H groups in total. The Kier molecular flexibility index (Phi) is 3.22. The van der Waals surface area contributed by atoms with Gasteiger partial charge in [0.2, 0.25) is 5.91 Å². The summed E-state index contributed by atoms with van der Waals surface area (Å²) in [6.45, 7) is -0.650. The number of alkyl halides is 1. The summed E-state index contributed by atoms with van der Waals surface area (Å²) in [6.07, 6.45) is -0.142. The third-order valence-corrected chi connectivity index (χ3v) is 0.483. The Morgan fingerprint density at radius 2 is 2.43 bits per heavy atom. The van der Waals surface area contributed by atoms with Crippen molar-refractivity contribution in [1.29, 1.82) is 0 Å². The first-order chi connectivity index (χ1) is 3.31. The fourth-order valence-corrected chi connectivity index (χ4v) is 0.158. The van der Waals surface area contributed by atoms with Gasteiger partial charge in [-0.3, -0.25) is 14.6 Å². The number of hydrazine groups is 1. The molecule has 0 aliphatic carbocycles. The van der Waals surface area contributed by atoms with Gasteiger partial charge in [0.25, 0.3) is 0 Å². The molecule has 0 aromatic carbocycles. The van der Waals surface area contributed by atoms with Crippen molar-refractivity contribution < 1.29 is 9.18 Å². The predicted octanol–water partition coefficient (Wildman–Crippen LogP) is -0.664. The number of halogens is 1. The third kappa shape index (κ3) is 3.18. The van der Waals surface area contributed by atoms with E-state index in [0.29, 0.717) is 0 Å². The number of nitrogens with two attached hydrogens (primary N) is 1. The number of hydrogen-bond acceptors (Lipinski definition) is 2. The van der Waals surface area contributed by atoms with Crippen LogP contribution in [-0.4, -0.2) is 12.6 Å². The molecule has 42 valence electrons. The molecule has 0 atom stereocenters. The van der Waals surface area contributed by atoms with Crippen LogP contribution in [0, 0.1) is 0 Å². The molecule has 0 spiro atoms. The molecule has 0 saturated carbocycles. The third-order valence-electron chi connectivity index (χ3n) is 0.483. The SMILES string of the molecule is NNC(=O)CCF. The second-order valence-corrected chi connectivity index (χ2v) is 1.01. The van der Waals surface area contributed by atoms with Crippen LogP contribution in [0.3, 0.4) is 0 Å². The zero-order valence-electron chi connectivity index (χ0n) is 3.78. The lowest BCUT2D eigenvalue weighted by molar-refractivity contribution is -0.121. The highest BCUT2D eigenvalue weighted by Gasteiger charge is 1.92. The maximum Gasteiger partial charge on any atom is 0.236 e. The van der Waals surface area contributed by atoms with Crippen LogP contribution in [-0.2, 0) is 4.79 Å². The zero-order chi connectivity index (χ0) is 5.70. The maximum atomic E-state index is 11.1. The van der Waals surface area contributed by atoms with E-state index in [1.807, 2.05) is 0 Å². The summed E-state index contributed by atoms with van der Waals surface area (Å²) >= 11 is 0. The molecular weight excluding hydrogens is 99.0 g/mol. The van der Waals surface area contributed by atoms with Crippen LogP contribution in [0.2, 0.25) is 0 Å². The second-order valence-electron chi connectivity index (χ2n) is 1.01. The number of amides is 1. The Morgan fingerprint density at radius 1 is 1.86 bits per heavy atom. The highest BCUT2D eigenvalue weighted by atomic mass is 19.1. The molecule has 0 fully saturated rings. The molecule has 3 nitrogen and oxygen atoms in total. The summed E-state index contributed by atoms with van der Waals surface area (Å²) in [5, 5.41) is 0. The van der Waals surface area contributed by atoms with Crippen LogP contribution in [0.5, 0.6) is 0 Å². The van der Waals surface area contributed by atoms with Crippen LogP contribution in [0.25, 0.3) is 0 Å². The van der Waals surface area contributed by atoms with Gasteiger partial charge in [0.15, 0.2) is 0 Å². The fourth-order valence-electron chi connectivity index (χ4n) is 0.158. The molecule has 0 unspecified atom stereocenters. The van der Waals surface area contributed by atoms with Gasteiger partial charge in [-0.2, -0.15) is 0 Å². The summed E-state index contributed by atoms with van der Waals surface area (Å²) in [5.41, 5.74) is 1.79. The van der Waals surface area contributed by atoms with Crippen molar-refractivity contribution in [2.24, 2.45) is 5.84 Å². The summed E-state index contributed by atoms with van der Waals surface area (Å²) in [4.78, 5) is 9.94. The minimum absolute atomic E-state index is 0.142. The molecule has 0 aliphatic rings. The van der Waals surface area contributed by atoms with E-state index in [0.717, 1.165) is 0 Å². The van der Waals surface area contributed by atoms with Crippen LogP contribution in [0.4, 0.5) is 4.39 Å². The molecule has 4 heteroatoms. The lowest BCUT2D eigenvalue weighted by Crippen LogP contribution is -2.29. The lowest BCUT2D eigenvalue weighted by Gasteiger charge is -1.89. The number of carbonyl (C=O) groups is 1. The Labute approximate surface area is 40.7 Å². The van der Waals surface area contributed by atoms with Crippen molar-refractivity contribution in [3.63, 3.8) is 0 Å².